The number of benzene rings is 1. The summed E-state index contributed by atoms with van der Waals surface area (Å²) >= 11 is 1.64. The summed E-state index contributed by atoms with van der Waals surface area (Å²) in [5.41, 5.74) is 2.00. The Bertz CT molecular complexity index is 947. The second-order valence-electron chi connectivity index (χ2n) is 6.29. The standard InChI is InChI=1S/C19H18N4O2S/c1-12-7-8-17(26-12)15-10-16(22-21-15)19(25)20-13-9-18(24)23(11-13)14-5-3-2-4-6-14/h2-8,10,13H,9,11H2,1H3,(H,20,25)(H,21,22)/t13-/m0/s1. The molecule has 1 aliphatic rings. The third kappa shape index (κ3) is 3.25. The lowest BCUT2D eigenvalue weighted by atomic mass is 10.2. The minimum absolute atomic E-state index is 0.0123. The van der Waals surface area contributed by atoms with Crippen LogP contribution < -0.4 is 10.2 Å². The van der Waals surface area contributed by atoms with Crippen LogP contribution >= 0.6 is 11.3 Å². The maximum absolute atomic E-state index is 12.5. The number of rotatable bonds is 4. The number of hydrogen-bond donors (Lipinski definition) is 2. The number of anilines is 1. The van der Waals surface area contributed by atoms with E-state index in [0.29, 0.717) is 18.7 Å². The third-order valence-electron chi connectivity index (χ3n) is 4.34. The molecule has 4 rings (SSSR count). The van der Waals surface area contributed by atoms with E-state index in [1.165, 1.54) is 4.88 Å². The molecule has 1 fully saturated rings. The molecule has 1 aromatic carbocycles. The molecule has 0 unspecified atom stereocenters. The Morgan fingerprint density at radius 2 is 2.08 bits per heavy atom. The second-order valence-corrected chi connectivity index (χ2v) is 7.58. The highest BCUT2D eigenvalue weighted by molar-refractivity contribution is 7.15. The van der Waals surface area contributed by atoms with Crippen LogP contribution in [0.3, 0.4) is 0 Å². The fraction of sp³-hybridized carbons (Fsp3) is 0.211. The van der Waals surface area contributed by atoms with Gasteiger partial charge in [-0.25, -0.2) is 0 Å². The number of aryl methyl sites for hydroxylation is 1. The van der Waals surface area contributed by atoms with Gasteiger partial charge in [0.05, 0.1) is 16.6 Å². The minimum atomic E-state index is -0.270. The van der Waals surface area contributed by atoms with Crippen molar-refractivity contribution in [2.75, 3.05) is 11.4 Å². The molecule has 0 spiro atoms. The molecule has 3 heterocycles. The van der Waals surface area contributed by atoms with Gasteiger partial charge in [-0.05, 0) is 37.3 Å². The predicted molar refractivity (Wildman–Crippen MR) is 101 cm³/mol. The molecule has 26 heavy (non-hydrogen) atoms. The monoisotopic (exact) mass is 366 g/mol. The number of carbonyl (C=O) groups excluding carboxylic acids is 2. The summed E-state index contributed by atoms with van der Waals surface area (Å²) in [5, 5.41) is 9.93. The number of nitrogens with zero attached hydrogens (tertiary/aromatic N) is 2. The highest BCUT2D eigenvalue weighted by Gasteiger charge is 2.32. The molecule has 1 saturated heterocycles. The summed E-state index contributed by atoms with van der Waals surface area (Å²) in [6.45, 7) is 2.50. The molecule has 3 aromatic rings. The second kappa shape index (κ2) is 6.76. The van der Waals surface area contributed by atoms with Gasteiger partial charge in [0.2, 0.25) is 5.91 Å². The van der Waals surface area contributed by atoms with Crippen molar-refractivity contribution in [2.24, 2.45) is 0 Å². The summed E-state index contributed by atoms with van der Waals surface area (Å²) in [5.74, 6) is -0.258. The van der Waals surface area contributed by atoms with Crippen LogP contribution in [0.25, 0.3) is 10.6 Å². The molecule has 1 aliphatic heterocycles. The number of para-hydroxylation sites is 1. The molecule has 2 amide bonds. The molecule has 0 radical (unpaired) electrons. The lowest BCUT2D eigenvalue weighted by Crippen LogP contribution is -2.37. The van der Waals surface area contributed by atoms with E-state index < -0.39 is 0 Å². The maximum atomic E-state index is 12.5. The average molecular weight is 366 g/mol. The number of H-pyrrole nitrogens is 1. The first-order valence-corrected chi connectivity index (χ1v) is 9.20. The fourth-order valence-corrected chi connectivity index (χ4v) is 3.90. The van der Waals surface area contributed by atoms with Gasteiger partial charge in [-0.15, -0.1) is 11.3 Å². The number of amides is 2. The average Bonchev–Trinajstić information content (AvgIpc) is 3.35. The molecule has 2 aromatic heterocycles. The van der Waals surface area contributed by atoms with Crippen molar-refractivity contribution in [3.05, 3.63) is 59.1 Å². The highest BCUT2D eigenvalue weighted by Crippen LogP contribution is 2.26. The van der Waals surface area contributed by atoms with E-state index in [1.807, 2.05) is 49.4 Å². The van der Waals surface area contributed by atoms with E-state index in [0.717, 1.165) is 16.3 Å². The van der Waals surface area contributed by atoms with Gasteiger partial charge in [0.15, 0.2) is 5.69 Å². The zero-order valence-corrected chi connectivity index (χ0v) is 15.0. The summed E-state index contributed by atoms with van der Waals surface area (Å²) in [7, 11) is 0. The molecular formula is C19H18N4O2S. The van der Waals surface area contributed by atoms with Gasteiger partial charge in [0.25, 0.3) is 5.91 Å². The van der Waals surface area contributed by atoms with Crippen LogP contribution in [-0.4, -0.2) is 34.6 Å². The Hall–Kier alpha value is -2.93. The van der Waals surface area contributed by atoms with Crippen molar-refractivity contribution in [3.63, 3.8) is 0 Å². The molecule has 0 aliphatic carbocycles. The van der Waals surface area contributed by atoms with Crippen molar-refractivity contribution in [1.29, 1.82) is 0 Å². The Morgan fingerprint density at radius 1 is 1.27 bits per heavy atom. The van der Waals surface area contributed by atoms with Crippen molar-refractivity contribution >= 4 is 28.8 Å². The first-order chi connectivity index (χ1) is 12.6. The quantitative estimate of drug-likeness (QED) is 0.745. The molecule has 6 nitrogen and oxygen atoms in total. The van der Waals surface area contributed by atoms with Crippen molar-refractivity contribution in [1.82, 2.24) is 15.5 Å². The van der Waals surface area contributed by atoms with E-state index in [2.05, 4.69) is 15.5 Å². The zero-order valence-electron chi connectivity index (χ0n) is 14.2. The van der Waals surface area contributed by atoms with Crippen LogP contribution in [0.2, 0.25) is 0 Å². The Kier molecular flexibility index (Phi) is 4.30. The topological polar surface area (TPSA) is 78.1 Å². The molecule has 2 N–H and O–H groups in total. The molecular weight excluding hydrogens is 348 g/mol. The van der Waals surface area contributed by atoms with Crippen LogP contribution in [0, 0.1) is 6.92 Å². The number of hydrogen-bond acceptors (Lipinski definition) is 4. The van der Waals surface area contributed by atoms with Crippen molar-refractivity contribution < 1.29 is 9.59 Å². The van der Waals surface area contributed by atoms with Gasteiger partial charge < -0.3 is 10.2 Å². The molecule has 7 heteroatoms. The first kappa shape index (κ1) is 16.5. The van der Waals surface area contributed by atoms with Crippen LogP contribution in [-0.2, 0) is 4.79 Å². The van der Waals surface area contributed by atoms with Crippen LogP contribution in [0.1, 0.15) is 21.8 Å². The van der Waals surface area contributed by atoms with Gasteiger partial charge in [0, 0.05) is 23.5 Å². The lowest BCUT2D eigenvalue weighted by Gasteiger charge is -2.16. The molecule has 0 saturated carbocycles. The van der Waals surface area contributed by atoms with Gasteiger partial charge in [-0.2, -0.15) is 5.10 Å². The lowest BCUT2D eigenvalue weighted by molar-refractivity contribution is -0.117. The minimum Gasteiger partial charge on any atom is -0.346 e. The molecule has 1 atom stereocenters. The summed E-state index contributed by atoms with van der Waals surface area (Å²) < 4.78 is 0. The van der Waals surface area contributed by atoms with E-state index in [4.69, 9.17) is 0 Å². The predicted octanol–water partition coefficient (Wildman–Crippen LogP) is 2.98. The first-order valence-electron chi connectivity index (χ1n) is 8.38. The molecule has 0 bridgehead atoms. The van der Waals surface area contributed by atoms with Gasteiger partial charge in [0.1, 0.15) is 0 Å². The van der Waals surface area contributed by atoms with E-state index in [1.54, 1.807) is 22.3 Å². The Morgan fingerprint density at radius 3 is 2.81 bits per heavy atom. The van der Waals surface area contributed by atoms with Gasteiger partial charge in [-0.3, -0.25) is 14.7 Å². The number of carbonyl (C=O) groups is 2. The maximum Gasteiger partial charge on any atom is 0.272 e. The Labute approximate surface area is 154 Å². The van der Waals surface area contributed by atoms with E-state index in [9.17, 15) is 9.59 Å². The van der Waals surface area contributed by atoms with Crippen molar-refractivity contribution in [3.8, 4) is 10.6 Å². The molecule has 132 valence electrons. The van der Waals surface area contributed by atoms with Crippen molar-refractivity contribution in [2.45, 2.75) is 19.4 Å². The van der Waals surface area contributed by atoms with E-state index in [-0.39, 0.29) is 17.9 Å². The normalized spacial score (nSPS) is 16.9. The Balaban J connectivity index is 1.43. The summed E-state index contributed by atoms with van der Waals surface area (Å²) in [6, 6.07) is 15.0. The number of nitrogens with one attached hydrogen (secondary N) is 2. The SMILES string of the molecule is Cc1ccc(-c2cc(C(=O)N[C@H]3CC(=O)N(c4ccccc4)C3)n[nH]2)s1. The van der Waals surface area contributed by atoms with Crippen LogP contribution in [0.4, 0.5) is 5.69 Å². The van der Waals surface area contributed by atoms with Gasteiger partial charge >= 0.3 is 0 Å². The number of thiophene rings is 1. The van der Waals surface area contributed by atoms with E-state index >= 15 is 0 Å². The van der Waals surface area contributed by atoms with Crippen LogP contribution in [0.5, 0.6) is 0 Å². The largest absolute Gasteiger partial charge is 0.346 e. The summed E-state index contributed by atoms with van der Waals surface area (Å²) in [6.07, 6.45) is 0.294. The smallest absolute Gasteiger partial charge is 0.272 e. The van der Waals surface area contributed by atoms with Gasteiger partial charge in [-0.1, -0.05) is 18.2 Å². The highest BCUT2D eigenvalue weighted by atomic mass is 32.1. The number of aromatic amines is 1. The zero-order chi connectivity index (χ0) is 18.1. The van der Waals surface area contributed by atoms with Crippen LogP contribution in [0.15, 0.2) is 48.5 Å². The fourth-order valence-electron chi connectivity index (χ4n) is 3.06. The third-order valence-corrected chi connectivity index (χ3v) is 5.38. The summed E-state index contributed by atoms with van der Waals surface area (Å²) in [4.78, 5) is 28.7. The number of aromatic nitrogens is 2.